The molecule has 2 aromatic heterocycles. The highest BCUT2D eigenvalue weighted by atomic mass is 16.1. The third-order valence-electron chi connectivity index (χ3n) is 4.97. The lowest BCUT2D eigenvalue weighted by atomic mass is 10.0. The first kappa shape index (κ1) is 20.5. The molecule has 0 radical (unpaired) electrons. The summed E-state index contributed by atoms with van der Waals surface area (Å²) in [6.07, 6.45) is 5.22. The van der Waals surface area contributed by atoms with Gasteiger partial charge in [-0.05, 0) is 43.9 Å². The number of para-hydroxylation sites is 1. The van der Waals surface area contributed by atoms with Crippen LogP contribution in [0.3, 0.4) is 0 Å². The van der Waals surface area contributed by atoms with E-state index in [-0.39, 0.29) is 11.9 Å². The van der Waals surface area contributed by atoms with E-state index in [1.165, 1.54) is 0 Å². The first-order valence-corrected chi connectivity index (χ1v) is 10.2. The predicted molar refractivity (Wildman–Crippen MR) is 122 cm³/mol. The Labute approximate surface area is 182 Å². The van der Waals surface area contributed by atoms with E-state index in [0.717, 1.165) is 16.8 Å². The number of amides is 1. The Morgan fingerprint density at radius 3 is 2.35 bits per heavy atom. The van der Waals surface area contributed by atoms with Crippen LogP contribution in [0.5, 0.6) is 0 Å². The molecule has 4 rings (SSSR count). The van der Waals surface area contributed by atoms with Crippen LogP contribution in [0.1, 0.15) is 22.0 Å². The number of nitrogens with zero attached hydrogens (tertiary/aromatic N) is 4. The molecule has 0 fully saturated rings. The first-order chi connectivity index (χ1) is 15.1. The van der Waals surface area contributed by atoms with E-state index in [4.69, 9.17) is 5.10 Å². The lowest BCUT2D eigenvalue weighted by Gasteiger charge is -2.22. The maximum absolute atomic E-state index is 13.4. The van der Waals surface area contributed by atoms with Gasteiger partial charge in [0.05, 0.1) is 17.3 Å². The van der Waals surface area contributed by atoms with Gasteiger partial charge >= 0.3 is 0 Å². The van der Waals surface area contributed by atoms with E-state index >= 15 is 0 Å². The molecule has 0 saturated carbocycles. The molecule has 156 valence electrons. The Bertz CT molecular complexity index is 1120. The maximum atomic E-state index is 13.4. The minimum atomic E-state index is -0.170. The Morgan fingerprint density at radius 1 is 1.00 bits per heavy atom. The fraction of sp³-hybridized carbons (Fsp3) is 0.160. The molecule has 0 bridgehead atoms. The molecule has 31 heavy (non-hydrogen) atoms. The average Bonchev–Trinajstić information content (AvgIpc) is 3.26. The molecule has 0 saturated heterocycles. The van der Waals surface area contributed by atoms with Crippen molar-refractivity contribution in [3.63, 3.8) is 0 Å². The van der Waals surface area contributed by atoms with Crippen LogP contribution in [0.2, 0.25) is 0 Å². The van der Waals surface area contributed by atoms with Gasteiger partial charge in [0.1, 0.15) is 5.69 Å². The van der Waals surface area contributed by atoms with Crippen molar-refractivity contribution in [3.8, 4) is 16.9 Å². The van der Waals surface area contributed by atoms with Crippen molar-refractivity contribution in [3.05, 3.63) is 103 Å². The predicted octanol–water partition coefficient (Wildman–Crippen LogP) is 3.97. The summed E-state index contributed by atoms with van der Waals surface area (Å²) in [5, 5.41) is 7.92. The summed E-state index contributed by atoms with van der Waals surface area (Å²) < 4.78 is 1.74. The van der Waals surface area contributed by atoms with Gasteiger partial charge in [0, 0.05) is 30.7 Å². The van der Waals surface area contributed by atoms with Gasteiger partial charge in [-0.3, -0.25) is 9.78 Å². The topological polar surface area (TPSA) is 63.1 Å². The number of benzene rings is 2. The van der Waals surface area contributed by atoms with Crippen molar-refractivity contribution >= 4 is 5.91 Å². The highest BCUT2D eigenvalue weighted by Crippen LogP contribution is 2.24. The van der Waals surface area contributed by atoms with Gasteiger partial charge in [-0.15, -0.1) is 0 Å². The van der Waals surface area contributed by atoms with Gasteiger partial charge in [0.2, 0.25) is 0 Å². The van der Waals surface area contributed by atoms with Crippen molar-refractivity contribution in [2.75, 3.05) is 20.6 Å². The lowest BCUT2D eigenvalue weighted by Crippen LogP contribution is -2.35. The second-order valence-corrected chi connectivity index (χ2v) is 7.61. The summed E-state index contributed by atoms with van der Waals surface area (Å²) in [6.45, 7) is 0.685. The third kappa shape index (κ3) is 4.87. The van der Waals surface area contributed by atoms with Crippen LogP contribution in [0.15, 0.2) is 91.4 Å². The fourth-order valence-corrected chi connectivity index (χ4v) is 3.49. The standard InChI is InChI=1S/C25H25N5O/c1-29(2)18-23(19-10-5-3-6-11-19)27-25(31)22-17-30(21-13-7-4-8-14-21)28-24(22)20-12-9-15-26-16-20/h3-17,23H,18H2,1-2H3,(H,27,31)/t23-/m0/s1. The molecular formula is C25H25N5O. The molecule has 2 heterocycles. The van der Waals surface area contributed by atoms with Gasteiger partial charge in [0.15, 0.2) is 0 Å². The van der Waals surface area contributed by atoms with Gasteiger partial charge in [-0.2, -0.15) is 5.10 Å². The number of hydrogen-bond donors (Lipinski definition) is 1. The Morgan fingerprint density at radius 2 is 1.71 bits per heavy atom. The largest absolute Gasteiger partial charge is 0.344 e. The number of hydrogen-bond acceptors (Lipinski definition) is 4. The normalized spacial score (nSPS) is 12.0. The summed E-state index contributed by atoms with van der Waals surface area (Å²) >= 11 is 0. The molecule has 6 nitrogen and oxygen atoms in total. The second-order valence-electron chi connectivity index (χ2n) is 7.61. The monoisotopic (exact) mass is 411 g/mol. The highest BCUT2D eigenvalue weighted by molar-refractivity contribution is 6.00. The molecule has 0 aliphatic carbocycles. The van der Waals surface area contributed by atoms with Crippen LogP contribution >= 0.6 is 0 Å². The van der Waals surface area contributed by atoms with Gasteiger partial charge in [-0.25, -0.2) is 4.68 Å². The fourth-order valence-electron chi connectivity index (χ4n) is 3.49. The zero-order valence-electron chi connectivity index (χ0n) is 17.6. The number of pyridine rings is 1. The molecule has 1 atom stereocenters. The van der Waals surface area contributed by atoms with Crippen LogP contribution in [-0.2, 0) is 0 Å². The molecule has 0 aliphatic rings. The SMILES string of the molecule is CN(C)C[C@H](NC(=O)c1cn(-c2ccccc2)nc1-c1cccnc1)c1ccccc1. The minimum Gasteiger partial charge on any atom is -0.344 e. The van der Waals surface area contributed by atoms with Crippen molar-refractivity contribution in [2.45, 2.75) is 6.04 Å². The van der Waals surface area contributed by atoms with Crippen molar-refractivity contribution in [1.82, 2.24) is 25.0 Å². The first-order valence-electron chi connectivity index (χ1n) is 10.2. The maximum Gasteiger partial charge on any atom is 0.255 e. The molecule has 0 aliphatic heterocycles. The van der Waals surface area contributed by atoms with E-state index in [9.17, 15) is 4.79 Å². The van der Waals surface area contributed by atoms with Gasteiger partial charge in [0.25, 0.3) is 5.91 Å². The highest BCUT2D eigenvalue weighted by Gasteiger charge is 2.22. The van der Waals surface area contributed by atoms with E-state index in [2.05, 4.69) is 15.2 Å². The van der Waals surface area contributed by atoms with Crippen molar-refractivity contribution in [2.24, 2.45) is 0 Å². The molecule has 1 N–H and O–H groups in total. The molecule has 1 amide bonds. The van der Waals surface area contributed by atoms with Crippen LogP contribution in [0.25, 0.3) is 16.9 Å². The van der Waals surface area contributed by atoms with Crippen LogP contribution < -0.4 is 5.32 Å². The van der Waals surface area contributed by atoms with Gasteiger partial charge < -0.3 is 10.2 Å². The summed E-state index contributed by atoms with van der Waals surface area (Å²) in [6, 6.07) is 23.4. The van der Waals surface area contributed by atoms with Gasteiger partial charge in [-0.1, -0.05) is 48.5 Å². The number of likely N-dealkylation sites (N-methyl/N-ethyl adjacent to an activating group) is 1. The summed E-state index contributed by atoms with van der Waals surface area (Å²) in [7, 11) is 3.99. The Kier molecular flexibility index (Phi) is 6.19. The molecule has 6 heteroatoms. The molecular weight excluding hydrogens is 386 g/mol. The smallest absolute Gasteiger partial charge is 0.255 e. The van der Waals surface area contributed by atoms with E-state index in [1.54, 1.807) is 23.3 Å². The van der Waals surface area contributed by atoms with E-state index in [0.29, 0.717) is 17.8 Å². The van der Waals surface area contributed by atoms with E-state index in [1.807, 2.05) is 86.9 Å². The number of rotatable bonds is 7. The third-order valence-corrected chi connectivity index (χ3v) is 4.97. The van der Waals surface area contributed by atoms with Crippen molar-refractivity contribution < 1.29 is 4.79 Å². The number of aromatic nitrogens is 3. The molecule has 2 aromatic carbocycles. The quantitative estimate of drug-likeness (QED) is 0.500. The van der Waals surface area contributed by atoms with Crippen LogP contribution in [0.4, 0.5) is 0 Å². The average molecular weight is 412 g/mol. The van der Waals surface area contributed by atoms with E-state index < -0.39 is 0 Å². The molecule has 4 aromatic rings. The zero-order chi connectivity index (χ0) is 21.6. The number of nitrogens with one attached hydrogen (secondary N) is 1. The Hall–Kier alpha value is -3.77. The molecule has 0 unspecified atom stereocenters. The summed E-state index contributed by atoms with van der Waals surface area (Å²) in [5.41, 5.74) is 3.86. The molecule has 0 spiro atoms. The van der Waals surface area contributed by atoms with Crippen LogP contribution in [-0.4, -0.2) is 46.2 Å². The summed E-state index contributed by atoms with van der Waals surface area (Å²) in [4.78, 5) is 19.7. The number of carbonyl (C=O) groups is 1. The second kappa shape index (κ2) is 9.36. The minimum absolute atomic E-state index is 0.148. The Balaban J connectivity index is 1.71. The summed E-state index contributed by atoms with van der Waals surface area (Å²) in [5.74, 6) is -0.170. The zero-order valence-corrected chi connectivity index (χ0v) is 17.6. The lowest BCUT2D eigenvalue weighted by molar-refractivity contribution is 0.0930. The van der Waals surface area contributed by atoms with Crippen molar-refractivity contribution in [1.29, 1.82) is 0 Å². The van der Waals surface area contributed by atoms with Crippen LogP contribution in [0, 0.1) is 0 Å². The number of carbonyl (C=O) groups excluding carboxylic acids is 1.